The molecule has 1 amide bonds. The van der Waals surface area contributed by atoms with Crippen LogP contribution in [0.25, 0.3) is 0 Å². The molecule has 0 aliphatic heterocycles. The van der Waals surface area contributed by atoms with Crippen LogP contribution in [0.3, 0.4) is 0 Å². The molecule has 0 saturated heterocycles. The van der Waals surface area contributed by atoms with Gasteiger partial charge >= 0.3 is 6.09 Å². The average molecular weight is 209 g/mol. The number of nitrogen functional groups attached to an aromatic ring is 1. The van der Waals surface area contributed by atoms with E-state index < -0.39 is 11.6 Å². The Morgan fingerprint density at radius 3 is 2.53 bits per heavy atom. The van der Waals surface area contributed by atoms with E-state index >= 15 is 0 Å². The number of hydrogen-bond acceptors (Lipinski definition) is 3. The Kier molecular flexibility index (Phi) is 2.83. The molecule has 5 nitrogen and oxygen atoms in total. The molecule has 0 aliphatic rings. The van der Waals surface area contributed by atoms with Gasteiger partial charge in [-0.05, 0) is 26.8 Å². The van der Waals surface area contributed by atoms with Crippen LogP contribution in [0.4, 0.5) is 16.2 Å². The van der Waals surface area contributed by atoms with Crippen LogP contribution in [-0.4, -0.2) is 21.7 Å². The van der Waals surface area contributed by atoms with Crippen molar-refractivity contribution in [3.63, 3.8) is 0 Å². The first kappa shape index (κ1) is 11.3. The standard InChI is InChI=1S/C10H15N3O2/c1-10(2,3)13(9(14)15)8-4-5-12-6-7(8)11/h4-6H,11H2,1-3H3,(H,14,15). The van der Waals surface area contributed by atoms with Gasteiger partial charge in [-0.2, -0.15) is 0 Å². The van der Waals surface area contributed by atoms with Crippen molar-refractivity contribution in [2.75, 3.05) is 10.6 Å². The molecule has 5 heteroatoms. The van der Waals surface area contributed by atoms with Crippen molar-refractivity contribution in [3.8, 4) is 0 Å². The molecule has 0 unspecified atom stereocenters. The summed E-state index contributed by atoms with van der Waals surface area (Å²) in [5.41, 5.74) is 5.97. The molecule has 82 valence electrons. The summed E-state index contributed by atoms with van der Waals surface area (Å²) >= 11 is 0. The first-order chi connectivity index (χ1) is 6.84. The first-order valence-electron chi connectivity index (χ1n) is 4.56. The van der Waals surface area contributed by atoms with E-state index in [2.05, 4.69) is 4.98 Å². The normalized spacial score (nSPS) is 11.1. The molecule has 1 aromatic heterocycles. The van der Waals surface area contributed by atoms with Crippen LogP contribution in [0.15, 0.2) is 18.5 Å². The SMILES string of the molecule is CC(C)(C)N(C(=O)O)c1ccncc1N. The van der Waals surface area contributed by atoms with Gasteiger partial charge in [-0.1, -0.05) is 0 Å². The molecule has 0 aromatic carbocycles. The van der Waals surface area contributed by atoms with E-state index in [-0.39, 0.29) is 0 Å². The number of aromatic nitrogens is 1. The van der Waals surface area contributed by atoms with Gasteiger partial charge in [-0.3, -0.25) is 9.88 Å². The molecule has 1 rings (SSSR count). The Balaban J connectivity index is 3.23. The van der Waals surface area contributed by atoms with Crippen LogP contribution >= 0.6 is 0 Å². The Bertz CT molecular complexity index is 371. The third-order valence-corrected chi connectivity index (χ3v) is 1.93. The van der Waals surface area contributed by atoms with E-state index in [1.54, 1.807) is 26.8 Å². The Labute approximate surface area is 88.5 Å². The summed E-state index contributed by atoms with van der Waals surface area (Å²) in [6, 6.07) is 1.59. The van der Waals surface area contributed by atoms with Gasteiger partial charge in [0.2, 0.25) is 0 Å². The Morgan fingerprint density at radius 2 is 2.13 bits per heavy atom. The van der Waals surface area contributed by atoms with E-state index in [0.29, 0.717) is 11.4 Å². The molecule has 3 N–H and O–H groups in total. The van der Waals surface area contributed by atoms with Crippen molar-refractivity contribution >= 4 is 17.5 Å². The maximum Gasteiger partial charge on any atom is 0.412 e. The second-order valence-corrected chi connectivity index (χ2v) is 4.22. The number of nitrogens with two attached hydrogens (primary N) is 1. The lowest BCUT2D eigenvalue weighted by Crippen LogP contribution is -2.45. The van der Waals surface area contributed by atoms with Gasteiger partial charge in [-0.25, -0.2) is 4.79 Å². The maximum absolute atomic E-state index is 11.1. The van der Waals surface area contributed by atoms with Crippen molar-refractivity contribution in [3.05, 3.63) is 18.5 Å². The van der Waals surface area contributed by atoms with Crippen molar-refractivity contribution in [1.82, 2.24) is 4.98 Å². The number of hydrogen-bond donors (Lipinski definition) is 2. The first-order valence-corrected chi connectivity index (χ1v) is 4.56. The minimum atomic E-state index is -1.03. The summed E-state index contributed by atoms with van der Waals surface area (Å²) in [5, 5.41) is 9.14. The molecule has 15 heavy (non-hydrogen) atoms. The number of rotatable bonds is 1. The number of pyridine rings is 1. The number of carbonyl (C=O) groups is 1. The molecule has 0 spiro atoms. The lowest BCUT2D eigenvalue weighted by atomic mass is 10.1. The highest BCUT2D eigenvalue weighted by Crippen LogP contribution is 2.28. The Hall–Kier alpha value is -1.78. The summed E-state index contributed by atoms with van der Waals surface area (Å²) in [5.74, 6) is 0. The molecule has 0 aliphatic carbocycles. The van der Waals surface area contributed by atoms with Gasteiger partial charge in [0.1, 0.15) is 0 Å². The molecule has 0 bridgehead atoms. The summed E-state index contributed by atoms with van der Waals surface area (Å²) < 4.78 is 0. The highest BCUT2D eigenvalue weighted by atomic mass is 16.4. The summed E-state index contributed by atoms with van der Waals surface area (Å²) in [4.78, 5) is 16.2. The van der Waals surface area contributed by atoms with Gasteiger partial charge in [0.25, 0.3) is 0 Å². The fraction of sp³-hybridized carbons (Fsp3) is 0.400. The van der Waals surface area contributed by atoms with Crippen molar-refractivity contribution < 1.29 is 9.90 Å². The zero-order valence-electron chi connectivity index (χ0n) is 9.06. The van der Waals surface area contributed by atoms with Crippen LogP contribution in [0.2, 0.25) is 0 Å². The maximum atomic E-state index is 11.1. The summed E-state index contributed by atoms with van der Waals surface area (Å²) in [6.07, 6.45) is 1.94. The predicted octanol–water partition coefficient (Wildman–Crippen LogP) is 1.95. The summed E-state index contributed by atoms with van der Waals surface area (Å²) in [6.45, 7) is 5.42. The highest BCUT2D eigenvalue weighted by molar-refractivity contribution is 5.91. The van der Waals surface area contributed by atoms with Crippen LogP contribution in [0, 0.1) is 0 Å². The average Bonchev–Trinajstić information content (AvgIpc) is 2.05. The topological polar surface area (TPSA) is 79.5 Å². The molecule has 0 atom stereocenters. The lowest BCUT2D eigenvalue weighted by molar-refractivity contribution is 0.195. The van der Waals surface area contributed by atoms with E-state index in [1.807, 2.05) is 0 Å². The molecule has 0 radical (unpaired) electrons. The van der Waals surface area contributed by atoms with Gasteiger partial charge in [-0.15, -0.1) is 0 Å². The minimum Gasteiger partial charge on any atom is -0.465 e. The van der Waals surface area contributed by atoms with E-state index in [1.165, 1.54) is 17.3 Å². The van der Waals surface area contributed by atoms with E-state index in [4.69, 9.17) is 10.8 Å². The third kappa shape index (κ3) is 2.37. The van der Waals surface area contributed by atoms with Crippen molar-refractivity contribution in [2.45, 2.75) is 26.3 Å². The molecular weight excluding hydrogens is 194 g/mol. The van der Waals surface area contributed by atoms with E-state index in [9.17, 15) is 4.79 Å². The van der Waals surface area contributed by atoms with Gasteiger partial charge in [0.15, 0.2) is 0 Å². The van der Waals surface area contributed by atoms with Crippen molar-refractivity contribution in [1.29, 1.82) is 0 Å². The van der Waals surface area contributed by atoms with Gasteiger partial charge in [0, 0.05) is 11.7 Å². The van der Waals surface area contributed by atoms with E-state index in [0.717, 1.165) is 0 Å². The minimum absolute atomic E-state index is 0.356. The number of anilines is 2. The lowest BCUT2D eigenvalue weighted by Gasteiger charge is -2.33. The highest BCUT2D eigenvalue weighted by Gasteiger charge is 2.29. The fourth-order valence-electron chi connectivity index (χ4n) is 1.35. The summed E-state index contributed by atoms with van der Waals surface area (Å²) in [7, 11) is 0. The van der Waals surface area contributed by atoms with Crippen LogP contribution in [-0.2, 0) is 0 Å². The van der Waals surface area contributed by atoms with Crippen molar-refractivity contribution in [2.24, 2.45) is 0 Å². The molecule has 0 saturated carbocycles. The number of nitrogens with zero attached hydrogens (tertiary/aromatic N) is 2. The van der Waals surface area contributed by atoms with Gasteiger partial charge in [0.05, 0.1) is 17.6 Å². The number of amides is 1. The largest absolute Gasteiger partial charge is 0.465 e. The second-order valence-electron chi connectivity index (χ2n) is 4.22. The predicted molar refractivity (Wildman–Crippen MR) is 58.9 cm³/mol. The van der Waals surface area contributed by atoms with Crippen LogP contribution in [0.5, 0.6) is 0 Å². The molecular formula is C10H15N3O2. The number of carboxylic acid groups (broad SMARTS) is 1. The third-order valence-electron chi connectivity index (χ3n) is 1.93. The molecule has 0 fully saturated rings. The fourth-order valence-corrected chi connectivity index (χ4v) is 1.35. The quantitative estimate of drug-likeness (QED) is 0.740. The van der Waals surface area contributed by atoms with Gasteiger partial charge < -0.3 is 10.8 Å². The zero-order chi connectivity index (χ0) is 11.6. The van der Waals surface area contributed by atoms with Crippen LogP contribution in [0.1, 0.15) is 20.8 Å². The molecule has 1 heterocycles. The Morgan fingerprint density at radius 1 is 1.53 bits per heavy atom. The molecule has 1 aromatic rings. The monoisotopic (exact) mass is 209 g/mol. The smallest absolute Gasteiger partial charge is 0.412 e. The second kappa shape index (κ2) is 3.76. The zero-order valence-corrected chi connectivity index (χ0v) is 9.06. The van der Waals surface area contributed by atoms with Crippen LogP contribution < -0.4 is 10.6 Å².